The van der Waals surface area contributed by atoms with Gasteiger partial charge >= 0.3 is 6.09 Å². The topological polar surface area (TPSA) is 102 Å². The molecular formula is C15H28N2O5S. The Hall–Kier alpha value is -1.31. The highest BCUT2D eigenvalue weighted by Crippen LogP contribution is 2.14. The summed E-state index contributed by atoms with van der Waals surface area (Å²) in [4.78, 5) is 24.4. The molecule has 7 nitrogen and oxygen atoms in total. The molecule has 0 spiro atoms. The van der Waals surface area contributed by atoms with Crippen molar-refractivity contribution in [1.29, 1.82) is 0 Å². The summed E-state index contributed by atoms with van der Waals surface area (Å²) in [5.74, 6) is -0.419. The zero-order valence-corrected chi connectivity index (χ0v) is 15.3. The van der Waals surface area contributed by atoms with Crippen molar-refractivity contribution in [2.24, 2.45) is 5.92 Å². The van der Waals surface area contributed by atoms with Crippen molar-refractivity contribution >= 4 is 21.8 Å². The summed E-state index contributed by atoms with van der Waals surface area (Å²) in [5, 5.41) is 5.33. The average Bonchev–Trinajstić information content (AvgIpc) is 2.72. The van der Waals surface area contributed by atoms with Crippen molar-refractivity contribution < 1.29 is 22.7 Å². The van der Waals surface area contributed by atoms with Gasteiger partial charge in [0.05, 0.1) is 11.5 Å². The lowest BCUT2D eigenvalue weighted by Gasteiger charge is -2.27. The van der Waals surface area contributed by atoms with E-state index < -0.39 is 27.6 Å². The van der Waals surface area contributed by atoms with Crippen molar-refractivity contribution in [3.05, 3.63) is 0 Å². The minimum atomic E-state index is -3.07. The smallest absolute Gasteiger partial charge is 0.408 e. The van der Waals surface area contributed by atoms with Crippen LogP contribution in [0.4, 0.5) is 4.79 Å². The normalized spacial score (nSPS) is 22.9. The summed E-state index contributed by atoms with van der Waals surface area (Å²) < 4.78 is 28.1. The summed E-state index contributed by atoms with van der Waals surface area (Å²) in [7, 11) is -3.07. The van der Waals surface area contributed by atoms with Crippen LogP contribution in [0.2, 0.25) is 0 Å². The van der Waals surface area contributed by atoms with Crippen LogP contribution in [0.15, 0.2) is 0 Å². The molecule has 2 unspecified atom stereocenters. The second-order valence-electron chi connectivity index (χ2n) is 7.12. The number of nitrogens with one attached hydrogen (secondary N) is 2. The molecule has 3 atom stereocenters. The summed E-state index contributed by atoms with van der Waals surface area (Å²) in [6.45, 7) is 9.01. The first-order valence-corrected chi connectivity index (χ1v) is 9.76. The fourth-order valence-electron chi connectivity index (χ4n) is 2.34. The van der Waals surface area contributed by atoms with Gasteiger partial charge in [0.2, 0.25) is 5.91 Å². The van der Waals surface area contributed by atoms with E-state index in [1.165, 1.54) is 0 Å². The Labute approximate surface area is 138 Å². The zero-order valence-electron chi connectivity index (χ0n) is 14.5. The van der Waals surface area contributed by atoms with E-state index in [9.17, 15) is 18.0 Å². The average molecular weight is 348 g/mol. The Bertz CT molecular complexity index is 539. The van der Waals surface area contributed by atoms with Crippen LogP contribution in [-0.2, 0) is 19.4 Å². The van der Waals surface area contributed by atoms with Crippen molar-refractivity contribution in [1.82, 2.24) is 10.6 Å². The standard InChI is InChI=1S/C15H28N2O5S/c1-6-10(2)12(17-14(19)22-15(3,4)5)13(18)16-11-7-8-23(20,21)9-11/h10-12H,6-9H2,1-5H3,(H,16,18)(H,17,19)/t10?,11?,12-/m0/s1. The highest BCUT2D eigenvalue weighted by Gasteiger charge is 2.33. The molecule has 1 rings (SSSR count). The van der Waals surface area contributed by atoms with Gasteiger partial charge in [0.25, 0.3) is 0 Å². The fraction of sp³-hybridized carbons (Fsp3) is 0.867. The minimum Gasteiger partial charge on any atom is -0.444 e. The van der Waals surface area contributed by atoms with Crippen LogP contribution in [0.1, 0.15) is 47.5 Å². The molecule has 0 saturated carbocycles. The number of carbonyl (C=O) groups excluding carboxylic acids is 2. The molecule has 1 heterocycles. The summed E-state index contributed by atoms with van der Waals surface area (Å²) >= 11 is 0. The lowest BCUT2D eigenvalue weighted by atomic mass is 9.98. The van der Waals surface area contributed by atoms with E-state index in [1.807, 2.05) is 13.8 Å². The van der Waals surface area contributed by atoms with Crippen LogP contribution in [0.25, 0.3) is 0 Å². The van der Waals surface area contributed by atoms with E-state index >= 15 is 0 Å². The first-order valence-electron chi connectivity index (χ1n) is 7.94. The van der Waals surface area contributed by atoms with Gasteiger partial charge < -0.3 is 15.4 Å². The van der Waals surface area contributed by atoms with Crippen molar-refractivity contribution in [3.63, 3.8) is 0 Å². The van der Waals surface area contributed by atoms with Crippen LogP contribution >= 0.6 is 0 Å². The first kappa shape index (κ1) is 19.7. The Morgan fingerprint density at radius 2 is 1.91 bits per heavy atom. The molecule has 23 heavy (non-hydrogen) atoms. The van der Waals surface area contributed by atoms with E-state index in [-0.39, 0.29) is 29.4 Å². The maximum Gasteiger partial charge on any atom is 0.408 e. The monoisotopic (exact) mass is 348 g/mol. The summed E-state index contributed by atoms with van der Waals surface area (Å²) in [5.41, 5.74) is -0.653. The highest BCUT2D eigenvalue weighted by molar-refractivity contribution is 7.91. The van der Waals surface area contributed by atoms with Gasteiger partial charge in [-0.25, -0.2) is 13.2 Å². The van der Waals surface area contributed by atoms with E-state index in [0.717, 1.165) is 0 Å². The van der Waals surface area contributed by atoms with Crippen LogP contribution in [-0.4, -0.2) is 49.6 Å². The van der Waals surface area contributed by atoms with Crippen molar-refractivity contribution in [3.8, 4) is 0 Å². The minimum absolute atomic E-state index is 0.0433. The molecule has 2 amide bonds. The molecule has 1 saturated heterocycles. The van der Waals surface area contributed by atoms with Gasteiger partial charge in [-0.3, -0.25) is 4.79 Å². The molecule has 0 bridgehead atoms. The quantitative estimate of drug-likeness (QED) is 0.778. The highest BCUT2D eigenvalue weighted by atomic mass is 32.2. The zero-order chi connectivity index (χ0) is 17.8. The van der Waals surface area contributed by atoms with E-state index in [1.54, 1.807) is 20.8 Å². The Balaban J connectivity index is 2.70. The predicted octanol–water partition coefficient (Wildman–Crippen LogP) is 1.23. The molecule has 2 N–H and O–H groups in total. The van der Waals surface area contributed by atoms with Gasteiger partial charge in [0.1, 0.15) is 11.6 Å². The second-order valence-corrected chi connectivity index (χ2v) is 9.35. The number of amides is 2. The van der Waals surface area contributed by atoms with Crippen LogP contribution < -0.4 is 10.6 Å². The molecular weight excluding hydrogens is 320 g/mol. The molecule has 134 valence electrons. The number of hydrogen-bond acceptors (Lipinski definition) is 5. The van der Waals surface area contributed by atoms with Gasteiger partial charge in [-0.1, -0.05) is 20.3 Å². The third-order valence-electron chi connectivity index (χ3n) is 3.75. The molecule has 0 aromatic heterocycles. The van der Waals surface area contributed by atoms with Gasteiger partial charge in [-0.15, -0.1) is 0 Å². The molecule has 0 aromatic rings. The van der Waals surface area contributed by atoms with Gasteiger partial charge in [0, 0.05) is 6.04 Å². The van der Waals surface area contributed by atoms with E-state index in [0.29, 0.717) is 12.8 Å². The molecule has 1 aliphatic heterocycles. The van der Waals surface area contributed by atoms with Gasteiger partial charge in [0.15, 0.2) is 9.84 Å². The fourth-order valence-corrected chi connectivity index (χ4v) is 4.01. The second kappa shape index (κ2) is 7.51. The van der Waals surface area contributed by atoms with Crippen LogP contribution in [0.5, 0.6) is 0 Å². The molecule has 8 heteroatoms. The lowest BCUT2D eigenvalue weighted by Crippen LogP contribution is -2.53. The van der Waals surface area contributed by atoms with Crippen molar-refractivity contribution in [2.75, 3.05) is 11.5 Å². The maximum atomic E-state index is 12.4. The third-order valence-corrected chi connectivity index (χ3v) is 5.51. The Morgan fingerprint density at radius 3 is 2.35 bits per heavy atom. The number of sulfone groups is 1. The molecule has 0 aliphatic carbocycles. The number of ether oxygens (including phenoxy) is 1. The lowest BCUT2D eigenvalue weighted by molar-refractivity contribution is -0.125. The molecule has 1 fully saturated rings. The van der Waals surface area contributed by atoms with Gasteiger partial charge in [-0.2, -0.15) is 0 Å². The number of carbonyl (C=O) groups is 2. The number of rotatable bonds is 5. The van der Waals surface area contributed by atoms with Gasteiger partial charge in [-0.05, 0) is 33.1 Å². The molecule has 0 radical (unpaired) electrons. The third kappa shape index (κ3) is 6.76. The Morgan fingerprint density at radius 1 is 1.30 bits per heavy atom. The summed E-state index contributed by atoms with van der Waals surface area (Å²) in [6, 6.07) is -1.14. The first-order chi connectivity index (χ1) is 10.4. The maximum absolute atomic E-state index is 12.4. The Kier molecular flexibility index (Phi) is 6.44. The molecule has 0 aromatic carbocycles. The SMILES string of the molecule is CCC(C)[C@H](NC(=O)OC(C)(C)C)C(=O)NC1CCS(=O)(=O)C1. The predicted molar refractivity (Wildman–Crippen MR) is 87.8 cm³/mol. The van der Waals surface area contributed by atoms with Crippen molar-refractivity contribution in [2.45, 2.75) is 65.1 Å². The van der Waals surface area contributed by atoms with Crippen LogP contribution in [0, 0.1) is 5.92 Å². The largest absolute Gasteiger partial charge is 0.444 e. The number of hydrogen-bond donors (Lipinski definition) is 2. The van der Waals surface area contributed by atoms with Crippen LogP contribution in [0.3, 0.4) is 0 Å². The summed E-state index contributed by atoms with van der Waals surface area (Å²) in [6.07, 6.45) is 0.446. The number of alkyl carbamates (subject to hydrolysis) is 1. The van der Waals surface area contributed by atoms with E-state index in [2.05, 4.69) is 10.6 Å². The van der Waals surface area contributed by atoms with E-state index in [4.69, 9.17) is 4.74 Å². The molecule has 1 aliphatic rings.